The maximum atomic E-state index is 14.7. The Morgan fingerprint density at radius 3 is 2.14 bits per heavy atom. The Labute approximate surface area is 201 Å². The summed E-state index contributed by atoms with van der Waals surface area (Å²) in [4.78, 5) is 16.7. The van der Waals surface area contributed by atoms with Gasteiger partial charge in [0.05, 0.1) is 12.8 Å². The molecule has 1 aliphatic heterocycles. The molecular formula is C26H32F5NO3. The minimum atomic E-state index is -4.77. The number of alkyl halides is 3. The highest BCUT2D eigenvalue weighted by atomic mass is 19.4. The van der Waals surface area contributed by atoms with E-state index in [0.717, 1.165) is 20.1 Å². The predicted octanol–water partition coefficient (Wildman–Crippen LogP) is 7.03. The van der Waals surface area contributed by atoms with Gasteiger partial charge in [-0.15, -0.1) is 0 Å². The highest BCUT2D eigenvalue weighted by Gasteiger charge is 2.65. The average molecular weight is 502 g/mol. The van der Waals surface area contributed by atoms with Crippen molar-refractivity contribution in [3.8, 4) is 5.75 Å². The van der Waals surface area contributed by atoms with Crippen LogP contribution in [0.5, 0.6) is 5.75 Å². The number of pyridine rings is 1. The van der Waals surface area contributed by atoms with Crippen LogP contribution >= 0.6 is 0 Å². The van der Waals surface area contributed by atoms with E-state index < -0.39 is 47.1 Å². The number of benzene rings is 1. The van der Waals surface area contributed by atoms with Crippen LogP contribution in [0.1, 0.15) is 93.5 Å². The first-order chi connectivity index (χ1) is 16.1. The lowest BCUT2D eigenvalue weighted by Crippen LogP contribution is -2.46. The van der Waals surface area contributed by atoms with Crippen LogP contribution in [0.2, 0.25) is 0 Å². The maximum absolute atomic E-state index is 14.7. The summed E-state index contributed by atoms with van der Waals surface area (Å²) in [7, 11) is 1.13. The SMILES string of the molecule is COc1c([C@H]2[C@H](c3[nH]c(C)c(C(C)C)c(=O)c3C(C)C)O[C@@](C)(C(F)(F)F)[C@H]2C)ccc(F)c1F. The van der Waals surface area contributed by atoms with Crippen molar-refractivity contribution in [1.82, 2.24) is 4.98 Å². The standard InChI is InChI=1S/C26H32F5NO3/c1-11(2)17-14(6)32-21(18(12(3)4)22(17)33)24-19(13(5)25(7,35-24)26(29,30)31)15-9-10-16(27)20(28)23(15)34-8/h9-13,19,24H,1-8H3,(H,32,33)/t13-,19-,24+,25+/m0/s1. The minimum absolute atomic E-state index is 0.0398. The van der Waals surface area contributed by atoms with Gasteiger partial charge in [-0.2, -0.15) is 17.6 Å². The van der Waals surface area contributed by atoms with Crippen LogP contribution in [0.3, 0.4) is 0 Å². The lowest BCUT2D eigenvalue weighted by atomic mass is 9.75. The molecule has 1 aliphatic rings. The molecule has 0 saturated carbocycles. The van der Waals surface area contributed by atoms with E-state index in [1.165, 1.54) is 13.0 Å². The molecule has 35 heavy (non-hydrogen) atoms. The van der Waals surface area contributed by atoms with E-state index in [4.69, 9.17) is 9.47 Å². The molecule has 1 aromatic carbocycles. The third-order valence-electron chi connectivity index (χ3n) is 7.26. The average Bonchev–Trinajstić information content (AvgIpc) is 3.00. The molecule has 1 aromatic heterocycles. The van der Waals surface area contributed by atoms with E-state index in [1.54, 1.807) is 20.8 Å². The molecule has 4 atom stereocenters. The van der Waals surface area contributed by atoms with Gasteiger partial charge in [0.15, 0.2) is 22.6 Å². The van der Waals surface area contributed by atoms with Gasteiger partial charge in [0.25, 0.3) is 0 Å². The van der Waals surface area contributed by atoms with Crippen LogP contribution in [0, 0.1) is 24.5 Å². The van der Waals surface area contributed by atoms with Gasteiger partial charge in [-0.25, -0.2) is 4.39 Å². The number of H-pyrrole nitrogens is 1. The van der Waals surface area contributed by atoms with Gasteiger partial charge in [0, 0.05) is 34.2 Å². The van der Waals surface area contributed by atoms with Gasteiger partial charge < -0.3 is 14.5 Å². The number of methoxy groups -OCH3 is 1. The van der Waals surface area contributed by atoms with Gasteiger partial charge in [-0.1, -0.05) is 40.7 Å². The van der Waals surface area contributed by atoms with Crippen molar-refractivity contribution in [2.75, 3.05) is 7.11 Å². The highest BCUT2D eigenvalue weighted by molar-refractivity contribution is 5.44. The molecule has 1 saturated heterocycles. The minimum Gasteiger partial charge on any atom is -0.493 e. The molecule has 2 heterocycles. The van der Waals surface area contributed by atoms with Crippen LogP contribution in [0.4, 0.5) is 22.0 Å². The summed E-state index contributed by atoms with van der Waals surface area (Å²) in [6, 6.07) is 2.08. The third-order valence-corrected chi connectivity index (χ3v) is 7.26. The highest BCUT2D eigenvalue weighted by Crippen LogP contribution is 2.59. The number of hydrogen-bond donors (Lipinski definition) is 1. The van der Waals surface area contributed by atoms with E-state index in [2.05, 4.69) is 4.98 Å². The normalized spacial score (nSPS) is 25.1. The molecule has 0 amide bonds. The molecular weight excluding hydrogens is 469 g/mol. The van der Waals surface area contributed by atoms with Crippen LogP contribution < -0.4 is 10.2 Å². The smallest absolute Gasteiger partial charge is 0.417 e. The van der Waals surface area contributed by atoms with E-state index in [0.29, 0.717) is 16.8 Å². The van der Waals surface area contributed by atoms with Crippen molar-refractivity contribution in [1.29, 1.82) is 0 Å². The fraction of sp³-hybridized carbons (Fsp3) is 0.577. The van der Waals surface area contributed by atoms with Gasteiger partial charge in [-0.3, -0.25) is 4.79 Å². The Morgan fingerprint density at radius 1 is 1.09 bits per heavy atom. The molecule has 194 valence electrons. The molecule has 0 bridgehead atoms. The Bertz CT molecular complexity index is 1170. The third kappa shape index (κ3) is 4.26. The lowest BCUT2D eigenvalue weighted by Gasteiger charge is -2.32. The fourth-order valence-electron chi connectivity index (χ4n) is 5.33. The molecule has 0 spiro atoms. The first-order valence-corrected chi connectivity index (χ1v) is 11.6. The number of aryl methyl sites for hydroxylation is 1. The Morgan fingerprint density at radius 2 is 1.66 bits per heavy atom. The van der Waals surface area contributed by atoms with Crippen LogP contribution in [-0.2, 0) is 4.74 Å². The molecule has 9 heteroatoms. The Kier molecular flexibility index (Phi) is 7.16. The zero-order valence-electron chi connectivity index (χ0n) is 21.2. The van der Waals surface area contributed by atoms with Gasteiger partial charge in [0.2, 0.25) is 5.82 Å². The maximum Gasteiger partial charge on any atom is 0.417 e. The van der Waals surface area contributed by atoms with Crippen LogP contribution in [0.25, 0.3) is 0 Å². The van der Waals surface area contributed by atoms with Crippen molar-refractivity contribution in [3.63, 3.8) is 0 Å². The summed E-state index contributed by atoms with van der Waals surface area (Å²) in [6.45, 7) is 11.3. The second kappa shape index (κ2) is 9.22. The number of hydrogen-bond acceptors (Lipinski definition) is 3. The summed E-state index contributed by atoms with van der Waals surface area (Å²) < 4.78 is 82.5. The van der Waals surface area contributed by atoms with E-state index >= 15 is 0 Å². The number of aromatic amines is 1. The summed E-state index contributed by atoms with van der Waals surface area (Å²) in [6.07, 6.45) is -6.06. The van der Waals surface area contributed by atoms with Crippen molar-refractivity contribution in [3.05, 3.63) is 62.1 Å². The van der Waals surface area contributed by atoms with Crippen molar-refractivity contribution < 1.29 is 31.4 Å². The second-order valence-electron chi connectivity index (χ2n) is 10.1. The molecule has 2 aromatic rings. The monoisotopic (exact) mass is 501 g/mol. The zero-order chi connectivity index (χ0) is 26.6. The number of halogens is 5. The lowest BCUT2D eigenvalue weighted by molar-refractivity contribution is -0.275. The van der Waals surface area contributed by atoms with E-state index in [-0.39, 0.29) is 28.5 Å². The number of ether oxygens (including phenoxy) is 2. The van der Waals surface area contributed by atoms with Gasteiger partial charge >= 0.3 is 6.18 Å². The molecule has 0 unspecified atom stereocenters. The van der Waals surface area contributed by atoms with Crippen LogP contribution in [-0.4, -0.2) is 23.9 Å². The zero-order valence-corrected chi connectivity index (χ0v) is 21.2. The number of nitrogens with one attached hydrogen (secondary N) is 1. The summed E-state index contributed by atoms with van der Waals surface area (Å²) >= 11 is 0. The summed E-state index contributed by atoms with van der Waals surface area (Å²) in [5.74, 6) is -5.72. The Balaban J connectivity index is 2.39. The van der Waals surface area contributed by atoms with Gasteiger partial charge in [-0.05, 0) is 31.7 Å². The fourth-order valence-corrected chi connectivity index (χ4v) is 5.33. The van der Waals surface area contributed by atoms with Gasteiger partial charge in [0.1, 0.15) is 6.10 Å². The largest absolute Gasteiger partial charge is 0.493 e. The predicted molar refractivity (Wildman–Crippen MR) is 123 cm³/mol. The molecule has 1 N–H and O–H groups in total. The first kappa shape index (κ1) is 27.2. The van der Waals surface area contributed by atoms with E-state index in [1.807, 2.05) is 13.8 Å². The molecule has 1 fully saturated rings. The quantitative estimate of drug-likeness (QED) is 0.448. The molecule has 0 radical (unpaired) electrons. The molecule has 0 aliphatic carbocycles. The van der Waals surface area contributed by atoms with Crippen molar-refractivity contribution in [2.45, 2.75) is 84.1 Å². The van der Waals surface area contributed by atoms with Crippen LogP contribution in [0.15, 0.2) is 16.9 Å². The topological polar surface area (TPSA) is 51.3 Å². The first-order valence-electron chi connectivity index (χ1n) is 11.6. The van der Waals surface area contributed by atoms with Crippen molar-refractivity contribution in [2.24, 2.45) is 5.92 Å². The Hall–Kier alpha value is -2.42. The summed E-state index contributed by atoms with van der Waals surface area (Å²) in [5.41, 5.74) is -1.24. The molecule has 4 nitrogen and oxygen atoms in total. The second-order valence-corrected chi connectivity index (χ2v) is 10.1. The summed E-state index contributed by atoms with van der Waals surface area (Å²) in [5, 5.41) is 0. The molecule has 3 rings (SSSR count). The van der Waals surface area contributed by atoms with E-state index in [9.17, 15) is 26.7 Å². The number of aromatic nitrogens is 1. The van der Waals surface area contributed by atoms with Crippen molar-refractivity contribution >= 4 is 0 Å². The number of rotatable bonds is 5.